The van der Waals surface area contributed by atoms with Crippen molar-refractivity contribution in [3.8, 4) is 0 Å². The number of furan rings is 1. The average Bonchev–Trinajstić information content (AvgIpc) is 3.49. The standard InChI is InChI=1S/C23H32N4O/c1-24-23(27-14-11-20(18-27)16-19-8-3-2-4-9-19)25-17-21(22-10-7-15-28-22)26-12-5-6-13-26/h2-4,7-10,15,20-21H,5-6,11-14,16-18H2,1H3,(H,24,25). The molecule has 5 heteroatoms. The van der Waals surface area contributed by atoms with Crippen LogP contribution in [0.1, 0.15) is 36.6 Å². The molecular formula is C23H32N4O. The summed E-state index contributed by atoms with van der Waals surface area (Å²) in [4.78, 5) is 9.52. The number of hydrogen-bond donors (Lipinski definition) is 1. The molecule has 0 spiro atoms. The highest BCUT2D eigenvalue weighted by Crippen LogP contribution is 2.25. The first-order chi connectivity index (χ1) is 13.8. The first kappa shape index (κ1) is 19.1. The van der Waals surface area contributed by atoms with Crippen molar-refractivity contribution in [1.29, 1.82) is 0 Å². The summed E-state index contributed by atoms with van der Waals surface area (Å²) in [6.45, 7) is 5.28. The van der Waals surface area contributed by atoms with E-state index in [9.17, 15) is 0 Å². The highest BCUT2D eigenvalue weighted by Gasteiger charge is 2.28. The maximum absolute atomic E-state index is 5.75. The number of nitrogens with zero attached hydrogens (tertiary/aromatic N) is 3. The van der Waals surface area contributed by atoms with E-state index < -0.39 is 0 Å². The van der Waals surface area contributed by atoms with Crippen LogP contribution in [0.5, 0.6) is 0 Å². The summed E-state index contributed by atoms with van der Waals surface area (Å²) in [6.07, 6.45) is 6.71. The lowest BCUT2D eigenvalue weighted by Gasteiger charge is -2.28. The Morgan fingerprint density at radius 1 is 1.14 bits per heavy atom. The number of hydrogen-bond acceptors (Lipinski definition) is 3. The number of benzene rings is 1. The van der Waals surface area contributed by atoms with Crippen LogP contribution in [0.25, 0.3) is 0 Å². The van der Waals surface area contributed by atoms with E-state index in [0.717, 1.165) is 50.9 Å². The van der Waals surface area contributed by atoms with Crippen molar-refractivity contribution in [1.82, 2.24) is 15.1 Å². The van der Waals surface area contributed by atoms with E-state index in [4.69, 9.17) is 4.42 Å². The summed E-state index contributed by atoms with van der Waals surface area (Å²) in [5.41, 5.74) is 1.43. The molecule has 28 heavy (non-hydrogen) atoms. The molecule has 2 unspecified atom stereocenters. The van der Waals surface area contributed by atoms with Gasteiger partial charge in [-0.3, -0.25) is 9.89 Å². The molecule has 150 valence electrons. The lowest BCUT2D eigenvalue weighted by atomic mass is 9.99. The molecule has 4 rings (SSSR count). The van der Waals surface area contributed by atoms with E-state index >= 15 is 0 Å². The van der Waals surface area contributed by atoms with Crippen LogP contribution in [-0.2, 0) is 6.42 Å². The van der Waals surface area contributed by atoms with Crippen molar-refractivity contribution in [3.05, 3.63) is 60.1 Å². The monoisotopic (exact) mass is 380 g/mol. The van der Waals surface area contributed by atoms with Crippen LogP contribution in [-0.4, -0.2) is 55.5 Å². The quantitative estimate of drug-likeness (QED) is 0.615. The van der Waals surface area contributed by atoms with E-state index in [2.05, 4.69) is 56.5 Å². The van der Waals surface area contributed by atoms with E-state index in [0.29, 0.717) is 5.92 Å². The van der Waals surface area contributed by atoms with Crippen molar-refractivity contribution >= 4 is 5.96 Å². The SMILES string of the molecule is CN=C(NCC(c1ccco1)N1CCCC1)N1CCC(Cc2ccccc2)C1. The van der Waals surface area contributed by atoms with E-state index in [1.165, 1.54) is 24.8 Å². The van der Waals surface area contributed by atoms with Crippen molar-refractivity contribution in [3.63, 3.8) is 0 Å². The molecule has 5 nitrogen and oxygen atoms in total. The lowest BCUT2D eigenvalue weighted by Crippen LogP contribution is -2.44. The molecule has 3 heterocycles. The number of nitrogens with one attached hydrogen (secondary N) is 1. The predicted molar refractivity (Wildman–Crippen MR) is 113 cm³/mol. The van der Waals surface area contributed by atoms with Crippen LogP contribution < -0.4 is 5.32 Å². The Bertz CT molecular complexity index is 737. The van der Waals surface area contributed by atoms with Gasteiger partial charge in [-0.2, -0.15) is 0 Å². The van der Waals surface area contributed by atoms with Crippen LogP contribution in [0.3, 0.4) is 0 Å². The third-order valence-corrected chi connectivity index (χ3v) is 6.07. The van der Waals surface area contributed by atoms with Gasteiger partial charge in [-0.15, -0.1) is 0 Å². The summed E-state index contributed by atoms with van der Waals surface area (Å²) in [5, 5.41) is 3.64. The Hall–Kier alpha value is -2.27. The number of guanidine groups is 1. The molecule has 1 N–H and O–H groups in total. The van der Waals surface area contributed by atoms with Gasteiger partial charge >= 0.3 is 0 Å². The highest BCUT2D eigenvalue weighted by molar-refractivity contribution is 5.80. The lowest BCUT2D eigenvalue weighted by molar-refractivity contribution is 0.214. The topological polar surface area (TPSA) is 44.0 Å². The van der Waals surface area contributed by atoms with Gasteiger partial charge in [-0.25, -0.2) is 0 Å². The van der Waals surface area contributed by atoms with Gasteiger partial charge in [-0.05, 0) is 62.4 Å². The van der Waals surface area contributed by atoms with Gasteiger partial charge in [0.1, 0.15) is 5.76 Å². The summed E-state index contributed by atoms with van der Waals surface area (Å²) < 4.78 is 5.75. The second kappa shape index (κ2) is 9.28. The average molecular weight is 381 g/mol. The minimum atomic E-state index is 0.275. The zero-order chi connectivity index (χ0) is 19.2. The fourth-order valence-electron chi connectivity index (χ4n) is 4.60. The predicted octanol–water partition coefficient (Wildman–Crippen LogP) is 3.56. The zero-order valence-corrected chi connectivity index (χ0v) is 16.9. The summed E-state index contributed by atoms with van der Waals surface area (Å²) in [6, 6.07) is 15.2. The molecule has 2 aromatic rings. The van der Waals surface area contributed by atoms with E-state index in [1.807, 2.05) is 13.1 Å². The molecule has 2 atom stereocenters. The van der Waals surface area contributed by atoms with Gasteiger partial charge < -0.3 is 14.6 Å². The van der Waals surface area contributed by atoms with Crippen LogP contribution in [0.15, 0.2) is 58.1 Å². The van der Waals surface area contributed by atoms with Crippen LogP contribution in [0.4, 0.5) is 0 Å². The highest BCUT2D eigenvalue weighted by atomic mass is 16.3. The maximum atomic E-state index is 5.75. The summed E-state index contributed by atoms with van der Waals surface area (Å²) >= 11 is 0. The van der Waals surface area contributed by atoms with Crippen LogP contribution in [0.2, 0.25) is 0 Å². The fourth-order valence-corrected chi connectivity index (χ4v) is 4.60. The minimum absolute atomic E-state index is 0.275. The van der Waals surface area contributed by atoms with Gasteiger partial charge in [0.25, 0.3) is 0 Å². The second-order valence-electron chi connectivity index (χ2n) is 7.99. The van der Waals surface area contributed by atoms with Crippen molar-refractivity contribution < 1.29 is 4.42 Å². The van der Waals surface area contributed by atoms with Crippen LogP contribution in [0, 0.1) is 5.92 Å². The number of likely N-dealkylation sites (tertiary alicyclic amines) is 2. The van der Waals surface area contributed by atoms with Gasteiger partial charge in [0.2, 0.25) is 0 Å². The van der Waals surface area contributed by atoms with Gasteiger partial charge in [0.05, 0.1) is 12.3 Å². The zero-order valence-electron chi connectivity index (χ0n) is 16.9. The van der Waals surface area contributed by atoms with Gasteiger partial charge in [-0.1, -0.05) is 30.3 Å². The molecule has 2 aliphatic rings. The number of aliphatic imine (C=N–C) groups is 1. The minimum Gasteiger partial charge on any atom is -0.468 e. The third kappa shape index (κ3) is 4.58. The Balaban J connectivity index is 1.34. The second-order valence-corrected chi connectivity index (χ2v) is 7.99. The summed E-state index contributed by atoms with van der Waals surface area (Å²) in [5.74, 6) is 2.76. The number of rotatable bonds is 6. The van der Waals surface area contributed by atoms with Crippen molar-refractivity contribution in [2.45, 2.75) is 31.7 Å². The van der Waals surface area contributed by atoms with Crippen molar-refractivity contribution in [2.24, 2.45) is 10.9 Å². The Labute approximate surface area is 168 Å². The first-order valence-corrected chi connectivity index (χ1v) is 10.6. The maximum Gasteiger partial charge on any atom is 0.193 e. The Morgan fingerprint density at radius 2 is 1.96 bits per heavy atom. The fraction of sp³-hybridized carbons (Fsp3) is 0.522. The van der Waals surface area contributed by atoms with Gasteiger partial charge in [0, 0.05) is 26.7 Å². The molecule has 0 saturated carbocycles. The Morgan fingerprint density at radius 3 is 2.68 bits per heavy atom. The molecule has 0 aliphatic carbocycles. The molecule has 1 aromatic carbocycles. The van der Waals surface area contributed by atoms with E-state index in [1.54, 1.807) is 6.26 Å². The normalized spacial score (nSPS) is 22.0. The first-order valence-electron chi connectivity index (χ1n) is 10.6. The van der Waals surface area contributed by atoms with Crippen LogP contribution >= 0.6 is 0 Å². The summed E-state index contributed by atoms with van der Waals surface area (Å²) in [7, 11) is 1.89. The molecule has 2 fully saturated rings. The van der Waals surface area contributed by atoms with Crippen molar-refractivity contribution in [2.75, 3.05) is 39.8 Å². The molecule has 1 aromatic heterocycles. The molecule has 0 radical (unpaired) electrons. The molecular weight excluding hydrogens is 348 g/mol. The molecule has 2 aliphatic heterocycles. The Kier molecular flexibility index (Phi) is 6.32. The van der Waals surface area contributed by atoms with Gasteiger partial charge in [0.15, 0.2) is 5.96 Å². The van der Waals surface area contributed by atoms with E-state index in [-0.39, 0.29) is 6.04 Å². The molecule has 2 saturated heterocycles. The largest absolute Gasteiger partial charge is 0.468 e. The molecule has 0 amide bonds. The third-order valence-electron chi connectivity index (χ3n) is 6.07. The molecule has 0 bridgehead atoms. The smallest absolute Gasteiger partial charge is 0.193 e.